The van der Waals surface area contributed by atoms with Crippen molar-refractivity contribution in [2.45, 2.75) is 6.92 Å². The van der Waals surface area contributed by atoms with Crippen LogP contribution in [0, 0.1) is 12.7 Å². The number of aromatic nitrogens is 4. The number of H-pyrrole nitrogens is 1. The van der Waals surface area contributed by atoms with Crippen molar-refractivity contribution >= 4 is 17.9 Å². The van der Waals surface area contributed by atoms with Crippen molar-refractivity contribution in [3.63, 3.8) is 0 Å². The third-order valence-corrected chi connectivity index (χ3v) is 4.11. The monoisotopic (exact) mass is 335 g/mol. The molecular formula is C18H14FN5O. The molecule has 0 unspecified atom stereocenters. The average Bonchev–Trinajstić information content (AvgIpc) is 3.25. The molecule has 0 fully saturated rings. The zero-order valence-corrected chi connectivity index (χ0v) is 13.3. The summed E-state index contributed by atoms with van der Waals surface area (Å²) in [6.07, 6.45) is 5.80. The summed E-state index contributed by atoms with van der Waals surface area (Å²) in [7, 11) is 0. The number of hydrogen-bond acceptors (Lipinski definition) is 3. The number of nitrogens with zero attached hydrogens (tertiary/aromatic N) is 3. The summed E-state index contributed by atoms with van der Waals surface area (Å²) < 4.78 is 15.3. The van der Waals surface area contributed by atoms with Crippen molar-refractivity contribution in [1.29, 1.82) is 0 Å². The summed E-state index contributed by atoms with van der Waals surface area (Å²) in [5.74, 6) is 0.337. The maximum atomic E-state index is 13.5. The molecular weight excluding hydrogens is 321 g/mol. The van der Waals surface area contributed by atoms with Gasteiger partial charge < -0.3 is 5.32 Å². The first kappa shape index (κ1) is 15.1. The molecule has 4 rings (SSSR count). The fourth-order valence-electron chi connectivity index (χ4n) is 2.83. The van der Waals surface area contributed by atoms with Crippen molar-refractivity contribution in [3.05, 3.63) is 60.3 Å². The van der Waals surface area contributed by atoms with Crippen LogP contribution in [0.15, 0.2) is 48.9 Å². The average molecular weight is 335 g/mol. The number of amides is 1. The number of benzene rings is 1. The van der Waals surface area contributed by atoms with Crippen LogP contribution in [0.3, 0.4) is 0 Å². The van der Waals surface area contributed by atoms with Gasteiger partial charge in [-0.25, -0.2) is 9.37 Å². The predicted octanol–water partition coefficient (Wildman–Crippen LogP) is 3.41. The van der Waals surface area contributed by atoms with Gasteiger partial charge in [-0.15, -0.1) is 0 Å². The van der Waals surface area contributed by atoms with Gasteiger partial charge in [-0.3, -0.25) is 14.3 Å². The number of pyridine rings is 1. The predicted molar refractivity (Wildman–Crippen MR) is 92.6 cm³/mol. The molecule has 0 saturated carbocycles. The quantitative estimate of drug-likeness (QED) is 0.561. The van der Waals surface area contributed by atoms with E-state index in [4.69, 9.17) is 0 Å². The van der Waals surface area contributed by atoms with Gasteiger partial charge in [0.05, 0.1) is 18.1 Å². The summed E-state index contributed by atoms with van der Waals surface area (Å²) in [6.45, 7) is 1.73. The van der Waals surface area contributed by atoms with E-state index in [0.29, 0.717) is 17.8 Å². The van der Waals surface area contributed by atoms with Gasteiger partial charge in [0.15, 0.2) is 0 Å². The molecule has 0 aliphatic carbocycles. The second-order valence-electron chi connectivity index (χ2n) is 5.67. The Bertz CT molecular complexity index is 1080. The number of fused-ring (bicyclic) bond motifs is 1. The van der Waals surface area contributed by atoms with Crippen molar-refractivity contribution < 1.29 is 9.18 Å². The SMILES string of the molecule is Cc1cc(-c2[nH]ncc2-c2ccc3ncc(NC=O)n3c2)ccc1F. The Balaban J connectivity index is 1.84. The Morgan fingerprint density at radius 1 is 1.20 bits per heavy atom. The van der Waals surface area contributed by atoms with Crippen LogP contribution in [0.2, 0.25) is 0 Å². The lowest BCUT2D eigenvalue weighted by Crippen LogP contribution is -1.98. The van der Waals surface area contributed by atoms with Gasteiger partial charge in [0.1, 0.15) is 17.3 Å². The number of carbonyl (C=O) groups is 1. The smallest absolute Gasteiger partial charge is 0.212 e. The molecule has 3 heterocycles. The number of carbonyl (C=O) groups excluding carboxylic acids is 1. The second-order valence-corrected chi connectivity index (χ2v) is 5.67. The zero-order chi connectivity index (χ0) is 17.4. The topological polar surface area (TPSA) is 75.1 Å². The molecule has 6 nitrogen and oxygen atoms in total. The third-order valence-electron chi connectivity index (χ3n) is 4.11. The number of imidazole rings is 1. The van der Waals surface area contributed by atoms with Gasteiger partial charge in [-0.1, -0.05) is 0 Å². The van der Waals surface area contributed by atoms with E-state index in [2.05, 4.69) is 20.5 Å². The van der Waals surface area contributed by atoms with Crippen LogP contribution in [0.1, 0.15) is 5.56 Å². The highest BCUT2D eigenvalue weighted by atomic mass is 19.1. The van der Waals surface area contributed by atoms with Gasteiger partial charge in [0, 0.05) is 22.9 Å². The summed E-state index contributed by atoms with van der Waals surface area (Å²) >= 11 is 0. The van der Waals surface area contributed by atoms with E-state index in [1.165, 1.54) is 6.07 Å². The summed E-state index contributed by atoms with van der Waals surface area (Å²) in [5.41, 5.74) is 4.70. The highest BCUT2D eigenvalue weighted by molar-refractivity contribution is 5.81. The highest BCUT2D eigenvalue weighted by Crippen LogP contribution is 2.31. The van der Waals surface area contributed by atoms with E-state index in [9.17, 15) is 9.18 Å². The van der Waals surface area contributed by atoms with Gasteiger partial charge in [-0.05, 0) is 42.8 Å². The zero-order valence-electron chi connectivity index (χ0n) is 13.3. The van der Waals surface area contributed by atoms with Gasteiger partial charge >= 0.3 is 0 Å². The maximum Gasteiger partial charge on any atom is 0.212 e. The van der Waals surface area contributed by atoms with E-state index in [0.717, 1.165) is 28.0 Å². The molecule has 0 spiro atoms. The van der Waals surface area contributed by atoms with Crippen LogP contribution >= 0.6 is 0 Å². The lowest BCUT2D eigenvalue weighted by Gasteiger charge is -2.07. The number of halogens is 1. The van der Waals surface area contributed by atoms with Gasteiger partial charge in [0.2, 0.25) is 6.41 Å². The third kappa shape index (κ3) is 2.55. The molecule has 124 valence electrons. The highest BCUT2D eigenvalue weighted by Gasteiger charge is 2.13. The first-order valence-corrected chi connectivity index (χ1v) is 7.65. The van der Waals surface area contributed by atoms with Crippen molar-refractivity contribution in [2.75, 3.05) is 5.32 Å². The van der Waals surface area contributed by atoms with Crippen LogP contribution in [-0.4, -0.2) is 26.0 Å². The first-order valence-electron chi connectivity index (χ1n) is 7.65. The molecule has 0 bridgehead atoms. The van der Waals surface area contributed by atoms with Crippen LogP contribution in [0.5, 0.6) is 0 Å². The number of hydrogen-bond donors (Lipinski definition) is 2. The van der Waals surface area contributed by atoms with Crippen LogP contribution in [0.25, 0.3) is 28.0 Å². The fourth-order valence-corrected chi connectivity index (χ4v) is 2.83. The molecule has 4 aromatic rings. The Kier molecular flexibility index (Phi) is 3.53. The molecule has 1 amide bonds. The molecule has 0 saturated heterocycles. The molecule has 7 heteroatoms. The maximum absolute atomic E-state index is 13.5. The fraction of sp³-hybridized carbons (Fsp3) is 0.0556. The van der Waals surface area contributed by atoms with E-state index in [1.54, 1.807) is 35.9 Å². The minimum atomic E-state index is -0.241. The Morgan fingerprint density at radius 2 is 2.04 bits per heavy atom. The molecule has 25 heavy (non-hydrogen) atoms. The lowest BCUT2D eigenvalue weighted by atomic mass is 10.0. The summed E-state index contributed by atoms with van der Waals surface area (Å²) in [6, 6.07) is 8.73. The number of aryl methyl sites for hydroxylation is 1. The minimum Gasteiger partial charge on any atom is -0.313 e. The molecule has 1 aromatic carbocycles. The Labute approximate surface area is 142 Å². The van der Waals surface area contributed by atoms with Crippen molar-refractivity contribution in [3.8, 4) is 22.4 Å². The molecule has 0 aliphatic heterocycles. The van der Waals surface area contributed by atoms with Gasteiger partial charge in [0.25, 0.3) is 0 Å². The molecule has 0 aliphatic rings. The van der Waals surface area contributed by atoms with E-state index in [1.807, 2.05) is 18.3 Å². The number of aromatic amines is 1. The largest absolute Gasteiger partial charge is 0.313 e. The normalized spacial score (nSPS) is 11.0. The Hall–Kier alpha value is -3.48. The number of rotatable bonds is 4. The second kappa shape index (κ2) is 5.86. The standard InChI is InChI=1S/C18H14FN5O/c1-11-6-12(2-4-15(11)19)18-14(7-22-23-18)13-3-5-16-20-8-17(21-10-25)24(16)9-13/h2-10H,1H3,(H,21,25)(H,22,23). The Morgan fingerprint density at radius 3 is 2.84 bits per heavy atom. The number of anilines is 1. The van der Waals surface area contributed by atoms with Crippen LogP contribution < -0.4 is 5.32 Å². The number of nitrogens with one attached hydrogen (secondary N) is 2. The van der Waals surface area contributed by atoms with Crippen LogP contribution in [-0.2, 0) is 4.79 Å². The van der Waals surface area contributed by atoms with Gasteiger partial charge in [-0.2, -0.15) is 5.10 Å². The van der Waals surface area contributed by atoms with Crippen LogP contribution in [0.4, 0.5) is 10.2 Å². The molecule has 0 atom stereocenters. The van der Waals surface area contributed by atoms with E-state index < -0.39 is 0 Å². The van der Waals surface area contributed by atoms with Crippen molar-refractivity contribution in [1.82, 2.24) is 19.6 Å². The summed E-state index contributed by atoms with van der Waals surface area (Å²) in [4.78, 5) is 15.0. The molecule has 2 N–H and O–H groups in total. The lowest BCUT2D eigenvalue weighted by molar-refractivity contribution is -0.105. The van der Waals surface area contributed by atoms with E-state index >= 15 is 0 Å². The first-order chi connectivity index (χ1) is 12.2. The molecule has 3 aromatic heterocycles. The van der Waals surface area contributed by atoms with Crippen molar-refractivity contribution in [2.24, 2.45) is 0 Å². The minimum absolute atomic E-state index is 0.241. The van der Waals surface area contributed by atoms with E-state index in [-0.39, 0.29) is 5.82 Å². The molecule has 0 radical (unpaired) electrons. The summed E-state index contributed by atoms with van der Waals surface area (Å²) in [5, 5.41) is 9.74.